The minimum Gasteiger partial charge on any atom is -0.481 e. The van der Waals surface area contributed by atoms with E-state index in [-0.39, 0.29) is 12.8 Å². The van der Waals surface area contributed by atoms with Crippen LogP contribution >= 0.6 is 0 Å². The molecule has 94 valence electrons. The molecule has 0 aromatic carbocycles. The number of hydrogen-bond acceptors (Lipinski definition) is 5. The topological polar surface area (TPSA) is 111 Å². The highest BCUT2D eigenvalue weighted by Gasteiger charge is 2.34. The quantitative estimate of drug-likeness (QED) is 0.330. The average Bonchev–Trinajstić information content (AvgIpc) is 2.23. The third-order valence-corrected chi connectivity index (χ3v) is 2.61. The van der Waals surface area contributed by atoms with Gasteiger partial charge in [0.15, 0.2) is 0 Å². The van der Waals surface area contributed by atoms with Crippen LogP contribution in [0.2, 0.25) is 0 Å². The molecule has 1 atom stereocenters. The van der Waals surface area contributed by atoms with Gasteiger partial charge in [-0.05, 0) is 21.1 Å². The van der Waals surface area contributed by atoms with Gasteiger partial charge in [-0.15, -0.1) is 0 Å². The van der Waals surface area contributed by atoms with Crippen molar-refractivity contribution in [3.05, 3.63) is 0 Å². The molecule has 0 aromatic heterocycles. The molecule has 0 aliphatic carbocycles. The summed E-state index contributed by atoms with van der Waals surface area (Å²) in [4.78, 5) is 21.6. The summed E-state index contributed by atoms with van der Waals surface area (Å²) in [6, 6.07) is -0.806. The van der Waals surface area contributed by atoms with Crippen molar-refractivity contribution in [1.82, 2.24) is 16.0 Å². The lowest BCUT2D eigenvalue weighted by Gasteiger charge is -2.34. The Morgan fingerprint density at radius 2 is 1.69 bits per heavy atom. The summed E-state index contributed by atoms with van der Waals surface area (Å²) in [6.45, 7) is 0. The highest BCUT2D eigenvalue weighted by molar-refractivity contribution is 5.74. The largest absolute Gasteiger partial charge is 0.481 e. The molecule has 0 radical (unpaired) electrons. The van der Waals surface area contributed by atoms with Gasteiger partial charge in [-0.1, -0.05) is 0 Å². The maximum absolute atomic E-state index is 10.9. The first-order valence-corrected chi connectivity index (χ1v) is 4.90. The maximum atomic E-state index is 10.9. The van der Waals surface area contributed by atoms with E-state index in [4.69, 9.17) is 10.2 Å². The molecule has 0 aliphatic rings. The molecule has 0 fully saturated rings. The van der Waals surface area contributed by atoms with Crippen molar-refractivity contribution in [1.29, 1.82) is 0 Å². The summed E-state index contributed by atoms with van der Waals surface area (Å²) in [5.74, 6) is -2.01. The lowest BCUT2D eigenvalue weighted by Crippen LogP contribution is -2.59. The number of carbonyl (C=O) groups is 2. The summed E-state index contributed by atoms with van der Waals surface area (Å²) in [6.07, 6.45) is -0.0798. The minimum absolute atomic E-state index is 0.123. The second-order valence-corrected chi connectivity index (χ2v) is 3.54. The van der Waals surface area contributed by atoms with Crippen LogP contribution in [-0.4, -0.2) is 55.0 Å². The zero-order valence-electron chi connectivity index (χ0n) is 9.70. The predicted octanol–water partition coefficient (Wildman–Crippen LogP) is -1.34. The third kappa shape index (κ3) is 4.13. The van der Waals surface area contributed by atoms with Crippen molar-refractivity contribution >= 4 is 11.9 Å². The third-order valence-electron chi connectivity index (χ3n) is 2.61. The lowest BCUT2D eigenvalue weighted by atomic mass is 9.96. The average molecular weight is 233 g/mol. The van der Waals surface area contributed by atoms with E-state index in [0.29, 0.717) is 0 Å². The molecule has 16 heavy (non-hydrogen) atoms. The molecule has 0 amide bonds. The predicted molar refractivity (Wildman–Crippen MR) is 58.2 cm³/mol. The second-order valence-electron chi connectivity index (χ2n) is 3.54. The molecule has 7 nitrogen and oxygen atoms in total. The van der Waals surface area contributed by atoms with Crippen LogP contribution in [0.25, 0.3) is 0 Å². The van der Waals surface area contributed by atoms with Crippen molar-refractivity contribution < 1.29 is 19.8 Å². The number of aliphatic carboxylic acids is 2. The monoisotopic (exact) mass is 233 g/mol. The molecule has 0 bridgehead atoms. The number of rotatable bonds is 8. The Hall–Kier alpha value is -1.18. The van der Waals surface area contributed by atoms with Gasteiger partial charge in [-0.25, -0.2) is 0 Å². The summed E-state index contributed by atoms with van der Waals surface area (Å²) in [5.41, 5.74) is -0.933. The van der Waals surface area contributed by atoms with Gasteiger partial charge < -0.3 is 26.2 Å². The number of carboxylic acid groups (broad SMARTS) is 2. The van der Waals surface area contributed by atoms with Gasteiger partial charge in [0.25, 0.3) is 0 Å². The Labute approximate surface area is 94.2 Å². The molecule has 0 rings (SSSR count). The highest BCUT2D eigenvalue weighted by atomic mass is 16.4. The van der Waals surface area contributed by atoms with Gasteiger partial charge in [0, 0.05) is 6.42 Å². The number of likely N-dealkylation sites (N-methyl/N-ethyl adjacent to an activating group) is 1. The van der Waals surface area contributed by atoms with Crippen molar-refractivity contribution in [3.63, 3.8) is 0 Å². The molecule has 0 saturated heterocycles. The van der Waals surface area contributed by atoms with Gasteiger partial charge >= 0.3 is 11.9 Å². The van der Waals surface area contributed by atoms with Crippen LogP contribution in [0.5, 0.6) is 0 Å². The molecule has 5 N–H and O–H groups in total. The Morgan fingerprint density at radius 3 is 1.94 bits per heavy atom. The minimum atomic E-state index is -1.01. The van der Waals surface area contributed by atoms with Crippen LogP contribution in [0, 0.1) is 0 Å². The van der Waals surface area contributed by atoms with Gasteiger partial charge in [-0.2, -0.15) is 0 Å². The zero-order chi connectivity index (χ0) is 12.8. The van der Waals surface area contributed by atoms with Gasteiger partial charge in [0.1, 0.15) is 6.04 Å². The van der Waals surface area contributed by atoms with E-state index < -0.39 is 23.6 Å². The van der Waals surface area contributed by atoms with E-state index in [9.17, 15) is 9.59 Å². The first-order valence-electron chi connectivity index (χ1n) is 4.90. The first kappa shape index (κ1) is 14.8. The summed E-state index contributed by atoms with van der Waals surface area (Å²) < 4.78 is 0. The zero-order valence-corrected chi connectivity index (χ0v) is 9.70. The number of hydrogen-bond donors (Lipinski definition) is 5. The van der Waals surface area contributed by atoms with E-state index in [0.717, 1.165) is 0 Å². The van der Waals surface area contributed by atoms with E-state index in [1.165, 1.54) is 7.05 Å². The Balaban J connectivity index is 4.76. The molecular weight excluding hydrogens is 214 g/mol. The normalized spacial score (nSPS) is 13.4. The summed E-state index contributed by atoms with van der Waals surface area (Å²) in [5, 5.41) is 26.0. The van der Waals surface area contributed by atoms with E-state index >= 15 is 0 Å². The number of nitrogens with one attached hydrogen (secondary N) is 3. The van der Waals surface area contributed by atoms with Crippen LogP contribution < -0.4 is 16.0 Å². The SMILES string of the molecule is CNC(CC(CC(=O)O)(NC)NC)C(=O)O. The lowest BCUT2D eigenvalue weighted by molar-refractivity contribution is -0.143. The van der Waals surface area contributed by atoms with Crippen molar-refractivity contribution in [2.45, 2.75) is 24.5 Å². The molecule has 0 spiro atoms. The number of carboxylic acids is 2. The van der Waals surface area contributed by atoms with E-state index in [1.807, 2.05) is 0 Å². The smallest absolute Gasteiger partial charge is 0.320 e. The molecule has 1 unspecified atom stereocenters. The first-order chi connectivity index (χ1) is 7.40. The fraction of sp³-hybridized carbons (Fsp3) is 0.778. The molecule has 0 heterocycles. The highest BCUT2D eigenvalue weighted by Crippen LogP contribution is 2.14. The molecule has 0 aromatic rings. The molecule has 0 saturated carbocycles. The van der Waals surface area contributed by atoms with Crippen LogP contribution in [0.1, 0.15) is 12.8 Å². The van der Waals surface area contributed by atoms with Gasteiger partial charge in [-0.3, -0.25) is 9.59 Å². The van der Waals surface area contributed by atoms with Crippen LogP contribution in [0.4, 0.5) is 0 Å². The molecular formula is C9H19N3O4. The summed E-state index contributed by atoms with van der Waals surface area (Å²) >= 11 is 0. The fourth-order valence-corrected chi connectivity index (χ4v) is 1.50. The van der Waals surface area contributed by atoms with Crippen molar-refractivity contribution in [2.75, 3.05) is 21.1 Å². The van der Waals surface area contributed by atoms with Crippen LogP contribution in [0.15, 0.2) is 0 Å². The molecule has 7 heteroatoms. The van der Waals surface area contributed by atoms with Crippen LogP contribution in [0.3, 0.4) is 0 Å². The fourth-order valence-electron chi connectivity index (χ4n) is 1.50. The summed E-state index contributed by atoms with van der Waals surface area (Å²) in [7, 11) is 4.71. The van der Waals surface area contributed by atoms with E-state index in [1.54, 1.807) is 14.1 Å². The Morgan fingerprint density at radius 1 is 1.19 bits per heavy atom. The van der Waals surface area contributed by atoms with Crippen molar-refractivity contribution in [2.24, 2.45) is 0 Å². The van der Waals surface area contributed by atoms with Crippen molar-refractivity contribution in [3.8, 4) is 0 Å². The standard InChI is InChI=1S/C9H19N3O4/c1-10-6(8(15)16)4-9(11-2,12-3)5-7(13)14/h6,10-12H,4-5H2,1-3H3,(H,13,14)(H,15,16). The Kier molecular flexibility index (Phi) is 5.94. The van der Waals surface area contributed by atoms with Gasteiger partial charge in [0.2, 0.25) is 0 Å². The second kappa shape index (κ2) is 6.41. The van der Waals surface area contributed by atoms with Crippen LogP contribution in [-0.2, 0) is 9.59 Å². The molecule has 0 aliphatic heterocycles. The maximum Gasteiger partial charge on any atom is 0.320 e. The van der Waals surface area contributed by atoms with Gasteiger partial charge in [0.05, 0.1) is 12.1 Å². The van der Waals surface area contributed by atoms with E-state index in [2.05, 4.69) is 16.0 Å². The Bertz CT molecular complexity index is 253.